The molecule has 0 bridgehead atoms. The minimum absolute atomic E-state index is 0.00884. The van der Waals surface area contributed by atoms with E-state index in [1.54, 1.807) is 55.5 Å². The number of carbonyl (C=O) groups is 2. The standard InChI is InChI=1S/C29H25Cl2NO4/c1-35-19-11-12-26(36-2)23(15-19)32-24-13-18(17-7-4-3-5-8-17)14-25(33)29(24)20(16-27(32)34)28-21(30)9-6-10-22(28)31/h3-12,15,18,20H,13-14,16H2,1-2H3. The molecule has 36 heavy (non-hydrogen) atoms. The number of methoxy groups -OCH3 is 2. The van der Waals surface area contributed by atoms with Gasteiger partial charge in [-0.2, -0.15) is 0 Å². The van der Waals surface area contributed by atoms with Crippen molar-refractivity contribution in [3.63, 3.8) is 0 Å². The van der Waals surface area contributed by atoms with Crippen molar-refractivity contribution in [3.8, 4) is 11.5 Å². The number of benzene rings is 3. The Kier molecular flexibility index (Phi) is 6.78. The fourth-order valence-corrected chi connectivity index (χ4v) is 6.00. The van der Waals surface area contributed by atoms with E-state index in [0.717, 1.165) is 5.56 Å². The maximum Gasteiger partial charge on any atom is 0.232 e. The highest BCUT2D eigenvalue weighted by atomic mass is 35.5. The first-order valence-electron chi connectivity index (χ1n) is 11.7. The summed E-state index contributed by atoms with van der Waals surface area (Å²) in [6, 6.07) is 20.5. The number of ether oxygens (including phenoxy) is 2. The van der Waals surface area contributed by atoms with Gasteiger partial charge in [-0.25, -0.2) is 0 Å². The molecular formula is C29H25Cl2NO4. The van der Waals surface area contributed by atoms with E-state index < -0.39 is 5.92 Å². The molecule has 7 heteroatoms. The molecule has 2 unspecified atom stereocenters. The average Bonchev–Trinajstić information content (AvgIpc) is 2.88. The highest BCUT2D eigenvalue weighted by Crippen LogP contribution is 2.50. The molecule has 1 aliphatic heterocycles. The first-order valence-corrected chi connectivity index (χ1v) is 12.5. The number of amides is 1. The number of hydrogen-bond donors (Lipinski definition) is 0. The second kappa shape index (κ2) is 10.00. The third-order valence-electron chi connectivity index (χ3n) is 6.98. The van der Waals surface area contributed by atoms with E-state index in [1.807, 2.05) is 30.3 Å². The summed E-state index contributed by atoms with van der Waals surface area (Å²) in [5.41, 5.74) is 3.45. The SMILES string of the molecule is COc1ccc(OC)c(N2C(=O)CC(c3c(Cl)cccc3Cl)C3=C2CC(c2ccccc2)CC3=O)c1. The lowest BCUT2D eigenvalue weighted by Crippen LogP contribution is -2.42. The van der Waals surface area contributed by atoms with Gasteiger partial charge >= 0.3 is 0 Å². The Morgan fingerprint density at radius 1 is 0.833 bits per heavy atom. The third kappa shape index (κ3) is 4.27. The molecule has 3 aromatic rings. The van der Waals surface area contributed by atoms with Gasteiger partial charge < -0.3 is 9.47 Å². The van der Waals surface area contributed by atoms with Crippen molar-refractivity contribution < 1.29 is 19.1 Å². The zero-order chi connectivity index (χ0) is 25.4. The largest absolute Gasteiger partial charge is 0.497 e. The van der Waals surface area contributed by atoms with Crippen molar-refractivity contribution in [3.05, 3.63) is 99.2 Å². The van der Waals surface area contributed by atoms with Gasteiger partial charge in [0, 0.05) is 46.1 Å². The van der Waals surface area contributed by atoms with E-state index in [-0.39, 0.29) is 24.0 Å². The number of ketones is 1. The Morgan fingerprint density at radius 3 is 2.22 bits per heavy atom. The quantitative estimate of drug-likeness (QED) is 0.365. The number of halogens is 2. The fraction of sp³-hybridized carbons (Fsp3) is 0.241. The molecular weight excluding hydrogens is 497 g/mol. The molecule has 2 aliphatic rings. The van der Waals surface area contributed by atoms with Crippen LogP contribution in [0.4, 0.5) is 5.69 Å². The van der Waals surface area contributed by atoms with Crippen molar-refractivity contribution in [1.29, 1.82) is 0 Å². The van der Waals surface area contributed by atoms with Gasteiger partial charge in [0.1, 0.15) is 11.5 Å². The molecule has 0 radical (unpaired) electrons. The highest BCUT2D eigenvalue weighted by Gasteiger charge is 2.44. The van der Waals surface area contributed by atoms with Crippen molar-refractivity contribution >= 4 is 40.6 Å². The summed E-state index contributed by atoms with van der Waals surface area (Å²) in [6.45, 7) is 0. The number of anilines is 1. The molecule has 3 aromatic carbocycles. The smallest absolute Gasteiger partial charge is 0.232 e. The molecule has 0 saturated heterocycles. The van der Waals surface area contributed by atoms with Gasteiger partial charge in [-0.1, -0.05) is 59.6 Å². The molecule has 5 rings (SSSR count). The van der Waals surface area contributed by atoms with Gasteiger partial charge in [-0.05, 0) is 47.7 Å². The topological polar surface area (TPSA) is 55.8 Å². The third-order valence-corrected chi connectivity index (χ3v) is 7.63. The Bertz CT molecular complexity index is 1350. The average molecular weight is 522 g/mol. The lowest BCUT2D eigenvalue weighted by Gasteiger charge is -2.41. The van der Waals surface area contributed by atoms with Crippen LogP contribution >= 0.6 is 23.2 Å². The Morgan fingerprint density at radius 2 is 1.56 bits per heavy atom. The van der Waals surface area contributed by atoms with Crippen LogP contribution in [0.5, 0.6) is 11.5 Å². The first kappa shape index (κ1) is 24.4. The second-order valence-corrected chi connectivity index (χ2v) is 9.77. The number of nitrogens with zero attached hydrogens (tertiary/aromatic N) is 1. The van der Waals surface area contributed by atoms with Gasteiger partial charge in [-0.3, -0.25) is 14.5 Å². The lowest BCUT2D eigenvalue weighted by molar-refractivity contribution is -0.120. The van der Waals surface area contributed by atoms with E-state index in [0.29, 0.717) is 56.9 Å². The molecule has 0 spiro atoms. The zero-order valence-corrected chi connectivity index (χ0v) is 21.5. The van der Waals surface area contributed by atoms with Crippen molar-refractivity contribution in [2.24, 2.45) is 0 Å². The Balaban J connectivity index is 1.73. The molecule has 0 aromatic heterocycles. The molecule has 1 heterocycles. The van der Waals surface area contributed by atoms with Crippen LogP contribution in [0.25, 0.3) is 0 Å². The van der Waals surface area contributed by atoms with Gasteiger partial charge in [0.25, 0.3) is 0 Å². The molecule has 0 fully saturated rings. The first-order chi connectivity index (χ1) is 17.4. The van der Waals surface area contributed by atoms with Gasteiger partial charge in [0.05, 0.1) is 19.9 Å². The predicted octanol–water partition coefficient (Wildman–Crippen LogP) is 6.93. The maximum absolute atomic E-state index is 13.9. The number of allylic oxidation sites excluding steroid dienone is 2. The highest BCUT2D eigenvalue weighted by molar-refractivity contribution is 6.36. The normalized spacial score (nSPS) is 19.8. The van der Waals surface area contributed by atoms with Gasteiger partial charge in [0.15, 0.2) is 5.78 Å². The van der Waals surface area contributed by atoms with E-state index in [1.165, 1.54) is 0 Å². The van der Waals surface area contributed by atoms with Crippen molar-refractivity contribution in [2.45, 2.75) is 31.1 Å². The summed E-state index contributed by atoms with van der Waals surface area (Å²) in [5, 5.41) is 0.884. The molecule has 0 saturated carbocycles. The van der Waals surface area contributed by atoms with Crippen LogP contribution in [0, 0.1) is 0 Å². The molecule has 5 nitrogen and oxygen atoms in total. The maximum atomic E-state index is 13.9. The monoisotopic (exact) mass is 521 g/mol. The van der Waals surface area contributed by atoms with E-state index in [9.17, 15) is 9.59 Å². The van der Waals surface area contributed by atoms with Crippen LogP contribution in [-0.4, -0.2) is 25.9 Å². The van der Waals surface area contributed by atoms with Crippen LogP contribution in [0.3, 0.4) is 0 Å². The molecule has 184 valence electrons. The van der Waals surface area contributed by atoms with E-state index in [4.69, 9.17) is 32.7 Å². The summed E-state index contributed by atoms with van der Waals surface area (Å²) < 4.78 is 11.1. The Hall–Kier alpha value is -3.28. The Labute approximate surface area is 220 Å². The molecule has 0 N–H and O–H groups in total. The summed E-state index contributed by atoms with van der Waals surface area (Å²) in [4.78, 5) is 29.3. The van der Waals surface area contributed by atoms with Crippen molar-refractivity contribution in [1.82, 2.24) is 0 Å². The van der Waals surface area contributed by atoms with Crippen molar-refractivity contribution in [2.75, 3.05) is 19.1 Å². The van der Waals surface area contributed by atoms with Crippen LogP contribution in [0.15, 0.2) is 78.0 Å². The van der Waals surface area contributed by atoms with E-state index in [2.05, 4.69) is 0 Å². The number of Topliss-reactive ketones (excluding diaryl/α,β-unsaturated/α-hetero) is 1. The predicted molar refractivity (Wildman–Crippen MR) is 141 cm³/mol. The lowest BCUT2D eigenvalue weighted by atomic mass is 9.72. The number of carbonyl (C=O) groups excluding carboxylic acids is 2. The molecule has 1 amide bonds. The minimum atomic E-state index is -0.522. The zero-order valence-electron chi connectivity index (χ0n) is 20.0. The fourth-order valence-electron chi connectivity index (χ4n) is 5.34. The van der Waals surface area contributed by atoms with Crippen LogP contribution in [0.2, 0.25) is 10.0 Å². The van der Waals surface area contributed by atoms with Gasteiger partial charge in [-0.15, -0.1) is 0 Å². The van der Waals surface area contributed by atoms with Crippen LogP contribution in [0.1, 0.15) is 42.2 Å². The van der Waals surface area contributed by atoms with Crippen LogP contribution in [-0.2, 0) is 9.59 Å². The van der Waals surface area contributed by atoms with Gasteiger partial charge in [0.2, 0.25) is 5.91 Å². The van der Waals surface area contributed by atoms with Crippen LogP contribution < -0.4 is 14.4 Å². The second-order valence-electron chi connectivity index (χ2n) is 8.96. The number of rotatable bonds is 5. The number of hydrogen-bond acceptors (Lipinski definition) is 4. The molecule has 1 aliphatic carbocycles. The summed E-state index contributed by atoms with van der Waals surface area (Å²) >= 11 is 13.1. The van der Waals surface area contributed by atoms with E-state index >= 15 is 0 Å². The summed E-state index contributed by atoms with van der Waals surface area (Å²) in [6.07, 6.45) is 0.916. The summed E-state index contributed by atoms with van der Waals surface area (Å²) in [5.74, 6) is 0.335. The summed E-state index contributed by atoms with van der Waals surface area (Å²) in [7, 11) is 3.12. The minimum Gasteiger partial charge on any atom is -0.497 e. The molecule has 2 atom stereocenters.